The summed E-state index contributed by atoms with van der Waals surface area (Å²) in [6.45, 7) is 0. The van der Waals surface area contributed by atoms with Crippen molar-refractivity contribution in [2.24, 2.45) is 7.05 Å². The second kappa shape index (κ2) is 9.60. The minimum Gasteiger partial charge on any atom is -0.324 e. The van der Waals surface area contributed by atoms with Crippen LogP contribution in [-0.4, -0.2) is 31.4 Å². The van der Waals surface area contributed by atoms with Crippen LogP contribution in [0.4, 0.5) is 5.69 Å². The van der Waals surface area contributed by atoms with Crippen LogP contribution in [0, 0.1) is 0 Å². The number of carbonyl (C=O) groups excluding carboxylic acids is 1. The molecular formula is C22H19N5OS2. The van der Waals surface area contributed by atoms with Gasteiger partial charge in [-0.2, -0.15) is 0 Å². The summed E-state index contributed by atoms with van der Waals surface area (Å²) in [7, 11) is 1.89. The number of para-hydroxylation sites is 1. The standard InChI is InChI=1S/C22H19N5OS2/c1-27-21(16-11-13-23-14-12-16)25-26-22(27)29-15-20(28)24-18-9-5-6-10-19(18)30-17-7-3-2-4-8-17/h2-14H,15H2,1H3,(H,24,28). The van der Waals surface area contributed by atoms with E-state index in [1.807, 2.05) is 78.3 Å². The molecule has 2 aromatic carbocycles. The van der Waals surface area contributed by atoms with E-state index in [0.717, 1.165) is 26.9 Å². The van der Waals surface area contributed by atoms with E-state index in [2.05, 4.69) is 20.5 Å². The molecule has 0 fully saturated rings. The second-order valence-electron chi connectivity index (χ2n) is 6.35. The van der Waals surface area contributed by atoms with Crippen molar-refractivity contribution in [1.82, 2.24) is 19.7 Å². The zero-order chi connectivity index (χ0) is 20.8. The van der Waals surface area contributed by atoms with Crippen LogP contribution in [0.5, 0.6) is 0 Å². The quantitative estimate of drug-likeness (QED) is 0.424. The smallest absolute Gasteiger partial charge is 0.234 e. The molecule has 6 nitrogen and oxygen atoms in total. The zero-order valence-corrected chi connectivity index (χ0v) is 17.9. The summed E-state index contributed by atoms with van der Waals surface area (Å²) in [5.74, 6) is 0.895. The Hall–Kier alpha value is -3.10. The summed E-state index contributed by atoms with van der Waals surface area (Å²) in [6.07, 6.45) is 3.43. The Morgan fingerprint density at radius 2 is 1.70 bits per heavy atom. The Kier molecular flexibility index (Phi) is 6.46. The molecule has 4 rings (SSSR count). The van der Waals surface area contributed by atoms with Crippen molar-refractivity contribution in [1.29, 1.82) is 0 Å². The van der Waals surface area contributed by atoms with Gasteiger partial charge in [-0.15, -0.1) is 10.2 Å². The van der Waals surface area contributed by atoms with Gasteiger partial charge in [0.15, 0.2) is 11.0 Å². The molecule has 0 aliphatic carbocycles. The van der Waals surface area contributed by atoms with E-state index in [9.17, 15) is 4.79 Å². The van der Waals surface area contributed by atoms with Gasteiger partial charge in [-0.05, 0) is 36.4 Å². The minimum absolute atomic E-state index is 0.0884. The first-order valence-corrected chi connectivity index (χ1v) is 11.1. The van der Waals surface area contributed by atoms with Crippen molar-refractivity contribution in [3.63, 3.8) is 0 Å². The van der Waals surface area contributed by atoms with Crippen LogP contribution in [0.2, 0.25) is 0 Å². The Balaban J connectivity index is 1.40. The highest BCUT2D eigenvalue weighted by molar-refractivity contribution is 8.00. The lowest BCUT2D eigenvalue weighted by Crippen LogP contribution is -2.15. The highest BCUT2D eigenvalue weighted by Gasteiger charge is 2.14. The summed E-state index contributed by atoms with van der Waals surface area (Å²) < 4.78 is 1.88. The number of nitrogens with zero attached hydrogens (tertiary/aromatic N) is 4. The van der Waals surface area contributed by atoms with Crippen LogP contribution in [0.1, 0.15) is 0 Å². The summed E-state index contributed by atoms with van der Waals surface area (Å²) in [6, 6.07) is 21.7. The van der Waals surface area contributed by atoms with Crippen LogP contribution in [0.15, 0.2) is 94.1 Å². The number of hydrogen-bond donors (Lipinski definition) is 1. The van der Waals surface area contributed by atoms with Gasteiger partial charge in [0, 0.05) is 34.8 Å². The molecule has 0 spiro atoms. The first-order chi connectivity index (χ1) is 14.7. The van der Waals surface area contributed by atoms with Crippen LogP contribution < -0.4 is 5.32 Å². The number of anilines is 1. The monoisotopic (exact) mass is 433 g/mol. The normalized spacial score (nSPS) is 10.7. The van der Waals surface area contributed by atoms with Crippen LogP contribution in [0.3, 0.4) is 0 Å². The van der Waals surface area contributed by atoms with E-state index < -0.39 is 0 Å². The maximum Gasteiger partial charge on any atom is 0.234 e. The number of hydrogen-bond acceptors (Lipinski definition) is 6. The van der Waals surface area contributed by atoms with Gasteiger partial charge in [-0.3, -0.25) is 9.78 Å². The average molecular weight is 434 g/mol. The van der Waals surface area contributed by atoms with E-state index in [1.165, 1.54) is 11.8 Å². The van der Waals surface area contributed by atoms with Crippen molar-refractivity contribution in [2.45, 2.75) is 14.9 Å². The van der Waals surface area contributed by atoms with E-state index in [1.54, 1.807) is 24.2 Å². The van der Waals surface area contributed by atoms with Gasteiger partial charge in [0.2, 0.25) is 5.91 Å². The maximum absolute atomic E-state index is 12.6. The number of aromatic nitrogens is 4. The van der Waals surface area contributed by atoms with Gasteiger partial charge in [0.05, 0.1) is 11.4 Å². The minimum atomic E-state index is -0.0884. The first kappa shape index (κ1) is 20.2. The molecule has 0 radical (unpaired) electrons. The number of carbonyl (C=O) groups is 1. The van der Waals surface area contributed by atoms with Gasteiger partial charge in [-0.25, -0.2) is 0 Å². The number of nitrogens with one attached hydrogen (secondary N) is 1. The summed E-state index contributed by atoms with van der Waals surface area (Å²) in [5.41, 5.74) is 1.73. The summed E-state index contributed by atoms with van der Waals surface area (Å²) in [4.78, 5) is 18.7. The lowest BCUT2D eigenvalue weighted by Gasteiger charge is -2.10. The topological polar surface area (TPSA) is 72.7 Å². The molecule has 0 unspecified atom stereocenters. The molecule has 0 aliphatic heterocycles. The van der Waals surface area contributed by atoms with Gasteiger partial charge >= 0.3 is 0 Å². The summed E-state index contributed by atoms with van der Waals surface area (Å²) in [5, 5.41) is 12.2. The Morgan fingerprint density at radius 3 is 2.50 bits per heavy atom. The van der Waals surface area contributed by atoms with Gasteiger partial charge in [-0.1, -0.05) is 53.9 Å². The number of amides is 1. The molecular weight excluding hydrogens is 414 g/mol. The van der Waals surface area contributed by atoms with Crippen molar-refractivity contribution < 1.29 is 4.79 Å². The number of pyridine rings is 1. The van der Waals surface area contributed by atoms with Crippen molar-refractivity contribution in [3.8, 4) is 11.4 Å². The molecule has 0 aliphatic rings. The number of benzene rings is 2. The van der Waals surface area contributed by atoms with Crippen molar-refractivity contribution in [3.05, 3.63) is 79.1 Å². The summed E-state index contributed by atoms with van der Waals surface area (Å²) >= 11 is 2.98. The lowest BCUT2D eigenvalue weighted by molar-refractivity contribution is -0.113. The first-order valence-electron chi connectivity index (χ1n) is 9.25. The molecule has 0 saturated carbocycles. The van der Waals surface area contributed by atoms with Gasteiger partial charge in [0.25, 0.3) is 0 Å². The second-order valence-corrected chi connectivity index (χ2v) is 8.41. The fourth-order valence-corrected chi connectivity index (χ4v) is 4.42. The van der Waals surface area contributed by atoms with Crippen LogP contribution in [0.25, 0.3) is 11.4 Å². The SMILES string of the molecule is Cn1c(SCC(=O)Nc2ccccc2Sc2ccccc2)nnc1-c1ccncc1. The van der Waals surface area contributed by atoms with Crippen molar-refractivity contribution in [2.75, 3.05) is 11.1 Å². The number of thioether (sulfide) groups is 1. The predicted octanol–water partition coefficient (Wildman–Crippen LogP) is 4.76. The van der Waals surface area contributed by atoms with Crippen LogP contribution >= 0.6 is 23.5 Å². The fourth-order valence-electron chi connectivity index (χ4n) is 2.78. The van der Waals surface area contributed by atoms with Crippen molar-refractivity contribution >= 4 is 35.1 Å². The molecule has 2 aromatic heterocycles. The predicted molar refractivity (Wildman–Crippen MR) is 121 cm³/mol. The van der Waals surface area contributed by atoms with E-state index >= 15 is 0 Å². The Bertz CT molecular complexity index is 1130. The molecule has 1 amide bonds. The molecule has 4 aromatic rings. The molecule has 30 heavy (non-hydrogen) atoms. The van der Waals surface area contributed by atoms with Gasteiger partial charge in [0.1, 0.15) is 0 Å². The molecule has 8 heteroatoms. The molecule has 150 valence electrons. The van der Waals surface area contributed by atoms with Crippen LogP contribution in [-0.2, 0) is 11.8 Å². The highest BCUT2D eigenvalue weighted by Crippen LogP contribution is 2.33. The third-order valence-corrected chi connectivity index (χ3v) is 6.34. The Morgan fingerprint density at radius 1 is 0.967 bits per heavy atom. The third kappa shape index (κ3) is 4.90. The fraction of sp³-hybridized carbons (Fsp3) is 0.0909. The zero-order valence-electron chi connectivity index (χ0n) is 16.2. The number of rotatable bonds is 7. The molecule has 0 saturated heterocycles. The van der Waals surface area contributed by atoms with E-state index in [-0.39, 0.29) is 11.7 Å². The lowest BCUT2D eigenvalue weighted by atomic mass is 10.2. The third-order valence-electron chi connectivity index (χ3n) is 4.24. The largest absolute Gasteiger partial charge is 0.324 e. The molecule has 0 atom stereocenters. The van der Waals surface area contributed by atoms with Gasteiger partial charge < -0.3 is 9.88 Å². The average Bonchev–Trinajstić information content (AvgIpc) is 3.15. The molecule has 2 heterocycles. The molecule has 0 bridgehead atoms. The highest BCUT2D eigenvalue weighted by atomic mass is 32.2. The van der Waals surface area contributed by atoms with E-state index in [4.69, 9.17) is 0 Å². The molecule has 1 N–H and O–H groups in total. The maximum atomic E-state index is 12.6. The van der Waals surface area contributed by atoms with E-state index in [0.29, 0.717) is 5.16 Å². The Labute approximate surface area is 183 Å².